The Kier molecular flexibility index (Phi) is 4.72. The normalized spacial score (nSPS) is 32.4. The predicted molar refractivity (Wildman–Crippen MR) is 71.2 cm³/mol. The lowest BCUT2D eigenvalue weighted by atomic mass is 9.80. The van der Waals surface area contributed by atoms with Crippen LogP contribution in [0.1, 0.15) is 58.3 Å². The van der Waals surface area contributed by atoms with Crippen LogP contribution in [0.4, 0.5) is 0 Å². The minimum atomic E-state index is -0.307. The molecule has 3 atom stereocenters. The van der Waals surface area contributed by atoms with E-state index < -0.39 is 0 Å². The van der Waals surface area contributed by atoms with Gasteiger partial charge in [-0.05, 0) is 37.5 Å². The van der Waals surface area contributed by atoms with Crippen molar-refractivity contribution in [3.8, 4) is 0 Å². The second-order valence-corrected chi connectivity index (χ2v) is 6.39. The number of alkyl halides is 1. The number of nitrogens with one attached hydrogen (secondary N) is 1. The minimum absolute atomic E-state index is 0.0812. The van der Waals surface area contributed by atoms with E-state index in [1.165, 1.54) is 25.7 Å². The third-order valence-electron chi connectivity index (χ3n) is 4.34. The summed E-state index contributed by atoms with van der Waals surface area (Å²) in [6.45, 7) is 2.27. The summed E-state index contributed by atoms with van der Waals surface area (Å²) >= 11 is 6.34. The van der Waals surface area contributed by atoms with Gasteiger partial charge in [-0.2, -0.15) is 0 Å². The first-order valence-electron chi connectivity index (χ1n) is 7.11. The SMILES string of the molecule is CC1CCCC(C(Cl)C(=O)NC2CCCC2)C1. The average molecular weight is 258 g/mol. The lowest BCUT2D eigenvalue weighted by Crippen LogP contribution is -2.41. The fourth-order valence-electron chi connectivity index (χ4n) is 3.31. The number of hydrogen-bond donors (Lipinski definition) is 1. The predicted octanol–water partition coefficient (Wildman–Crippen LogP) is 3.48. The topological polar surface area (TPSA) is 29.1 Å². The monoisotopic (exact) mass is 257 g/mol. The summed E-state index contributed by atoms with van der Waals surface area (Å²) in [4.78, 5) is 12.1. The van der Waals surface area contributed by atoms with Crippen molar-refractivity contribution < 1.29 is 4.79 Å². The molecule has 3 unspecified atom stereocenters. The highest BCUT2D eigenvalue weighted by molar-refractivity contribution is 6.31. The van der Waals surface area contributed by atoms with Gasteiger partial charge in [-0.1, -0.05) is 32.6 Å². The number of halogens is 1. The van der Waals surface area contributed by atoms with Crippen molar-refractivity contribution in [3.05, 3.63) is 0 Å². The maximum absolute atomic E-state index is 12.1. The van der Waals surface area contributed by atoms with Gasteiger partial charge in [0.05, 0.1) is 0 Å². The van der Waals surface area contributed by atoms with Gasteiger partial charge in [0, 0.05) is 6.04 Å². The molecule has 2 aliphatic carbocycles. The van der Waals surface area contributed by atoms with Crippen molar-refractivity contribution in [2.45, 2.75) is 69.7 Å². The number of hydrogen-bond acceptors (Lipinski definition) is 1. The molecule has 0 bridgehead atoms. The molecule has 2 aliphatic rings. The van der Waals surface area contributed by atoms with E-state index >= 15 is 0 Å². The Hall–Kier alpha value is -0.240. The van der Waals surface area contributed by atoms with Crippen LogP contribution < -0.4 is 5.32 Å². The smallest absolute Gasteiger partial charge is 0.238 e. The van der Waals surface area contributed by atoms with Crippen molar-refractivity contribution in [2.24, 2.45) is 11.8 Å². The van der Waals surface area contributed by atoms with Gasteiger partial charge in [0.2, 0.25) is 5.91 Å². The molecule has 0 spiro atoms. The largest absolute Gasteiger partial charge is 0.352 e. The molecule has 0 radical (unpaired) electrons. The number of carbonyl (C=O) groups is 1. The van der Waals surface area contributed by atoms with E-state index in [0.717, 1.165) is 31.6 Å². The molecule has 0 aromatic carbocycles. The maximum Gasteiger partial charge on any atom is 0.238 e. The van der Waals surface area contributed by atoms with Gasteiger partial charge in [0.1, 0.15) is 5.38 Å². The molecule has 0 aromatic heterocycles. The highest BCUT2D eigenvalue weighted by atomic mass is 35.5. The maximum atomic E-state index is 12.1. The lowest BCUT2D eigenvalue weighted by molar-refractivity contribution is -0.122. The Labute approximate surface area is 109 Å². The summed E-state index contributed by atoms with van der Waals surface area (Å²) < 4.78 is 0. The van der Waals surface area contributed by atoms with Gasteiger partial charge >= 0.3 is 0 Å². The Balaban J connectivity index is 1.80. The van der Waals surface area contributed by atoms with Crippen LogP contribution in [0.3, 0.4) is 0 Å². The molecule has 98 valence electrons. The molecule has 17 heavy (non-hydrogen) atoms. The molecule has 0 heterocycles. The Morgan fingerprint density at radius 1 is 1.18 bits per heavy atom. The van der Waals surface area contributed by atoms with Crippen molar-refractivity contribution in [1.29, 1.82) is 0 Å². The van der Waals surface area contributed by atoms with Crippen LogP contribution in [-0.2, 0) is 4.79 Å². The van der Waals surface area contributed by atoms with Crippen LogP contribution >= 0.6 is 11.6 Å². The molecular weight excluding hydrogens is 234 g/mol. The summed E-state index contributed by atoms with van der Waals surface area (Å²) in [6, 6.07) is 0.393. The second kappa shape index (κ2) is 6.08. The van der Waals surface area contributed by atoms with Gasteiger partial charge in [0.15, 0.2) is 0 Å². The number of carbonyl (C=O) groups excluding carboxylic acids is 1. The van der Waals surface area contributed by atoms with Gasteiger partial charge in [0.25, 0.3) is 0 Å². The Morgan fingerprint density at radius 2 is 1.88 bits per heavy atom. The van der Waals surface area contributed by atoms with Crippen molar-refractivity contribution in [2.75, 3.05) is 0 Å². The molecule has 0 saturated heterocycles. The van der Waals surface area contributed by atoms with E-state index in [9.17, 15) is 4.79 Å². The first kappa shape index (κ1) is 13.2. The van der Waals surface area contributed by atoms with Crippen molar-refractivity contribution >= 4 is 17.5 Å². The van der Waals surface area contributed by atoms with E-state index in [1.807, 2.05) is 0 Å². The first-order chi connectivity index (χ1) is 8.16. The van der Waals surface area contributed by atoms with Crippen LogP contribution in [0.25, 0.3) is 0 Å². The zero-order chi connectivity index (χ0) is 12.3. The molecule has 3 heteroatoms. The Bertz CT molecular complexity index is 263. The summed E-state index contributed by atoms with van der Waals surface area (Å²) in [7, 11) is 0. The summed E-state index contributed by atoms with van der Waals surface area (Å²) in [6.07, 6.45) is 9.53. The van der Waals surface area contributed by atoms with Crippen LogP contribution in [-0.4, -0.2) is 17.3 Å². The summed E-state index contributed by atoms with van der Waals surface area (Å²) in [5.74, 6) is 1.20. The lowest BCUT2D eigenvalue weighted by Gasteiger charge is -2.30. The molecule has 1 N–H and O–H groups in total. The van der Waals surface area contributed by atoms with E-state index in [1.54, 1.807) is 0 Å². The molecule has 2 rings (SSSR count). The van der Waals surface area contributed by atoms with Gasteiger partial charge in [-0.25, -0.2) is 0 Å². The fraction of sp³-hybridized carbons (Fsp3) is 0.929. The minimum Gasteiger partial charge on any atom is -0.352 e. The van der Waals surface area contributed by atoms with E-state index in [4.69, 9.17) is 11.6 Å². The van der Waals surface area contributed by atoms with Gasteiger partial charge < -0.3 is 5.32 Å². The first-order valence-corrected chi connectivity index (χ1v) is 7.55. The van der Waals surface area contributed by atoms with Crippen molar-refractivity contribution in [3.63, 3.8) is 0 Å². The van der Waals surface area contributed by atoms with Crippen LogP contribution in [0.15, 0.2) is 0 Å². The van der Waals surface area contributed by atoms with E-state index in [0.29, 0.717) is 12.0 Å². The molecule has 2 saturated carbocycles. The van der Waals surface area contributed by atoms with Crippen LogP contribution in [0.5, 0.6) is 0 Å². The zero-order valence-electron chi connectivity index (χ0n) is 10.8. The molecular formula is C14H24ClNO. The van der Waals surface area contributed by atoms with E-state index in [2.05, 4.69) is 12.2 Å². The molecule has 0 aromatic rings. The third kappa shape index (κ3) is 3.61. The highest BCUT2D eigenvalue weighted by Gasteiger charge is 2.31. The third-order valence-corrected chi connectivity index (χ3v) is 4.90. The Morgan fingerprint density at radius 3 is 2.53 bits per heavy atom. The summed E-state index contributed by atoms with van der Waals surface area (Å²) in [5, 5.41) is 2.81. The van der Waals surface area contributed by atoms with Crippen molar-refractivity contribution in [1.82, 2.24) is 5.32 Å². The van der Waals surface area contributed by atoms with Crippen LogP contribution in [0, 0.1) is 11.8 Å². The molecule has 0 aliphatic heterocycles. The molecule has 2 nitrogen and oxygen atoms in total. The van der Waals surface area contributed by atoms with Crippen LogP contribution in [0.2, 0.25) is 0 Å². The standard InChI is InChI=1S/C14H24ClNO/c1-10-5-4-6-11(9-10)13(15)14(17)16-12-7-2-3-8-12/h10-13H,2-9H2,1H3,(H,16,17). The number of rotatable bonds is 3. The molecule has 1 amide bonds. The summed E-state index contributed by atoms with van der Waals surface area (Å²) in [5.41, 5.74) is 0. The fourth-order valence-corrected chi connectivity index (χ4v) is 3.60. The van der Waals surface area contributed by atoms with Gasteiger partial charge in [-0.15, -0.1) is 11.6 Å². The number of amides is 1. The average Bonchev–Trinajstić information content (AvgIpc) is 2.80. The second-order valence-electron chi connectivity index (χ2n) is 5.92. The van der Waals surface area contributed by atoms with E-state index in [-0.39, 0.29) is 11.3 Å². The van der Waals surface area contributed by atoms with Gasteiger partial charge in [-0.3, -0.25) is 4.79 Å². The zero-order valence-corrected chi connectivity index (χ0v) is 11.5. The highest BCUT2D eigenvalue weighted by Crippen LogP contribution is 2.33. The molecule has 2 fully saturated rings. The quantitative estimate of drug-likeness (QED) is 0.771.